The molecule has 4 aromatic rings. The number of pyridine rings is 2. The molecule has 0 aliphatic heterocycles. The van der Waals surface area contributed by atoms with Crippen molar-refractivity contribution in [2.45, 2.75) is 64.9 Å². The molecular weight excluding hydrogens is 490 g/mol. The summed E-state index contributed by atoms with van der Waals surface area (Å²) < 4.78 is 0.997. The second kappa shape index (κ2) is 9.56. The summed E-state index contributed by atoms with van der Waals surface area (Å²) in [5.74, 6) is 0.335. The zero-order valence-electron chi connectivity index (χ0n) is 21.4. The van der Waals surface area contributed by atoms with Crippen LogP contribution in [-0.2, 0) is 0 Å². The first-order chi connectivity index (χ1) is 17.5. The molecule has 4 atom stereocenters. The lowest BCUT2D eigenvalue weighted by molar-refractivity contribution is -0.0601. The Bertz CT molecular complexity index is 1430. The molecule has 5 N–H and O–H groups in total. The van der Waals surface area contributed by atoms with E-state index in [2.05, 4.69) is 25.6 Å². The Morgan fingerprint density at radius 1 is 1.00 bits per heavy atom. The molecule has 194 valence electrons. The number of aliphatic hydroxyl groups is 3. The summed E-state index contributed by atoms with van der Waals surface area (Å²) in [6.07, 6.45) is 1.67. The molecular formula is C26H31N7O3S. The Morgan fingerprint density at radius 3 is 2.38 bits per heavy atom. The summed E-state index contributed by atoms with van der Waals surface area (Å²) >= 11 is 1.50. The Balaban J connectivity index is 1.54. The van der Waals surface area contributed by atoms with E-state index in [0.717, 1.165) is 33.0 Å². The van der Waals surface area contributed by atoms with E-state index in [1.807, 2.05) is 39.0 Å². The third kappa shape index (κ3) is 5.12. The van der Waals surface area contributed by atoms with Crippen LogP contribution in [-0.4, -0.2) is 64.1 Å². The lowest BCUT2D eigenvalue weighted by Gasteiger charge is -2.28. The molecule has 4 aromatic heterocycles. The van der Waals surface area contributed by atoms with Gasteiger partial charge in [0.2, 0.25) is 5.95 Å². The molecule has 1 fully saturated rings. The van der Waals surface area contributed by atoms with E-state index >= 15 is 0 Å². The maximum absolute atomic E-state index is 10.8. The highest BCUT2D eigenvalue weighted by Gasteiger charge is 2.47. The molecule has 0 radical (unpaired) electrons. The second-order valence-electron chi connectivity index (χ2n) is 10.2. The van der Waals surface area contributed by atoms with Crippen LogP contribution in [0, 0.1) is 26.7 Å². The molecule has 0 amide bonds. The van der Waals surface area contributed by atoms with Crippen LogP contribution in [0.3, 0.4) is 0 Å². The minimum absolute atomic E-state index is 0.363. The fourth-order valence-electron chi connectivity index (χ4n) is 4.90. The van der Waals surface area contributed by atoms with Gasteiger partial charge in [-0.15, -0.1) is 11.3 Å². The van der Waals surface area contributed by atoms with Gasteiger partial charge in [-0.1, -0.05) is 0 Å². The molecule has 0 unspecified atom stereocenters. The zero-order valence-corrected chi connectivity index (χ0v) is 22.2. The summed E-state index contributed by atoms with van der Waals surface area (Å²) in [6.45, 7) is 9.05. The fraction of sp³-hybridized carbons (Fsp3) is 0.423. The molecule has 10 nitrogen and oxygen atoms in total. The molecule has 1 aliphatic rings. The third-order valence-corrected chi connectivity index (χ3v) is 7.81. The van der Waals surface area contributed by atoms with Crippen molar-refractivity contribution in [2.24, 2.45) is 5.92 Å². The van der Waals surface area contributed by atoms with Crippen LogP contribution in [0.4, 0.5) is 17.5 Å². The number of hydrogen-bond donors (Lipinski definition) is 5. The lowest BCUT2D eigenvalue weighted by Crippen LogP contribution is -2.40. The van der Waals surface area contributed by atoms with Crippen LogP contribution in [0.15, 0.2) is 30.6 Å². The highest BCUT2D eigenvalue weighted by Crippen LogP contribution is 2.39. The molecule has 0 spiro atoms. The van der Waals surface area contributed by atoms with Crippen molar-refractivity contribution in [3.05, 3.63) is 47.7 Å². The molecule has 0 bridgehead atoms. The van der Waals surface area contributed by atoms with E-state index in [0.29, 0.717) is 28.8 Å². The predicted octanol–water partition coefficient (Wildman–Crippen LogP) is 3.51. The van der Waals surface area contributed by atoms with Crippen molar-refractivity contribution in [1.29, 1.82) is 0 Å². The number of aryl methyl sites for hydroxylation is 3. The van der Waals surface area contributed by atoms with Crippen molar-refractivity contribution < 1.29 is 15.3 Å². The average Bonchev–Trinajstić information content (AvgIpc) is 3.36. The van der Waals surface area contributed by atoms with Gasteiger partial charge in [0.05, 0.1) is 33.7 Å². The van der Waals surface area contributed by atoms with E-state index in [-0.39, 0.29) is 0 Å². The summed E-state index contributed by atoms with van der Waals surface area (Å²) in [7, 11) is 0. The largest absolute Gasteiger partial charge is 0.390 e. The van der Waals surface area contributed by atoms with Gasteiger partial charge in [0, 0.05) is 35.4 Å². The van der Waals surface area contributed by atoms with Crippen LogP contribution < -0.4 is 10.6 Å². The molecule has 0 aromatic carbocycles. The monoisotopic (exact) mass is 521 g/mol. The average molecular weight is 522 g/mol. The van der Waals surface area contributed by atoms with Gasteiger partial charge in [-0.2, -0.15) is 4.98 Å². The first kappa shape index (κ1) is 25.4. The summed E-state index contributed by atoms with van der Waals surface area (Å²) in [6, 6.07) is 5.21. The number of aliphatic hydroxyl groups excluding tert-OH is 2. The van der Waals surface area contributed by atoms with Crippen LogP contribution in [0.5, 0.6) is 0 Å². The number of rotatable bonds is 6. The Hall–Kier alpha value is -3.25. The van der Waals surface area contributed by atoms with Crippen molar-refractivity contribution in [1.82, 2.24) is 24.9 Å². The fourth-order valence-corrected chi connectivity index (χ4v) is 5.92. The second-order valence-corrected chi connectivity index (χ2v) is 11.2. The number of anilines is 3. The Labute approximate surface area is 218 Å². The van der Waals surface area contributed by atoms with Crippen LogP contribution in [0.1, 0.15) is 37.4 Å². The van der Waals surface area contributed by atoms with Gasteiger partial charge >= 0.3 is 0 Å². The first-order valence-electron chi connectivity index (χ1n) is 12.2. The SMILES string of the molecule is Cc1cc(Nc2ncc(-c3nc4c(C)nccc4s3)c(N[C@@H]3C[C@H](C(C)(C)O)[C@@H](O)[C@H]3O)n2)cc(C)n1. The van der Waals surface area contributed by atoms with E-state index in [1.165, 1.54) is 11.3 Å². The van der Waals surface area contributed by atoms with Crippen LogP contribution in [0.25, 0.3) is 20.8 Å². The molecule has 1 aliphatic carbocycles. The van der Waals surface area contributed by atoms with E-state index < -0.39 is 29.8 Å². The standard InChI is InChI=1S/C26H31N7O3S/c1-12-8-15(9-13(2)29-12)30-25-28-11-16(24-32-20-14(3)27-7-6-19(20)37-24)23(33-25)31-18-10-17(26(4,5)36)21(34)22(18)35/h6-9,11,17-18,21-22,34-36H,10H2,1-5H3,(H2,28,29,30,31,33)/t17-,18+,21+,22-/m0/s1. The Morgan fingerprint density at radius 2 is 1.73 bits per heavy atom. The van der Waals surface area contributed by atoms with Gasteiger partial charge in [-0.05, 0) is 59.2 Å². The molecule has 11 heteroatoms. The van der Waals surface area contributed by atoms with Crippen LogP contribution >= 0.6 is 11.3 Å². The van der Waals surface area contributed by atoms with Crippen molar-refractivity contribution in [2.75, 3.05) is 10.6 Å². The quantitative estimate of drug-likeness (QED) is 0.255. The number of fused-ring (bicyclic) bond motifs is 1. The van der Waals surface area contributed by atoms with Crippen molar-refractivity contribution >= 4 is 39.0 Å². The summed E-state index contributed by atoms with van der Waals surface area (Å²) in [5.41, 5.74) is 3.72. The minimum atomic E-state index is -1.15. The van der Waals surface area contributed by atoms with E-state index in [4.69, 9.17) is 9.97 Å². The maximum atomic E-state index is 10.8. The molecule has 4 heterocycles. The number of thiazole rings is 1. The van der Waals surface area contributed by atoms with Gasteiger partial charge < -0.3 is 26.0 Å². The predicted molar refractivity (Wildman–Crippen MR) is 144 cm³/mol. The normalized spacial score (nSPS) is 21.9. The number of hydrogen-bond acceptors (Lipinski definition) is 11. The molecule has 1 saturated carbocycles. The number of nitrogens with zero attached hydrogens (tertiary/aromatic N) is 5. The molecule has 5 rings (SSSR count). The lowest BCUT2D eigenvalue weighted by atomic mass is 9.88. The van der Waals surface area contributed by atoms with Gasteiger partial charge in [-0.25, -0.2) is 9.97 Å². The van der Waals surface area contributed by atoms with E-state index in [1.54, 1.807) is 26.2 Å². The third-order valence-electron chi connectivity index (χ3n) is 6.76. The van der Waals surface area contributed by atoms with Crippen LogP contribution in [0.2, 0.25) is 0 Å². The molecule has 0 saturated heterocycles. The first-order valence-corrected chi connectivity index (χ1v) is 13.0. The number of aromatic nitrogens is 5. The van der Waals surface area contributed by atoms with Gasteiger partial charge in [0.15, 0.2) is 0 Å². The van der Waals surface area contributed by atoms with Gasteiger partial charge in [0.1, 0.15) is 22.4 Å². The maximum Gasteiger partial charge on any atom is 0.229 e. The minimum Gasteiger partial charge on any atom is -0.390 e. The summed E-state index contributed by atoms with van der Waals surface area (Å²) in [5, 5.41) is 39.3. The highest BCUT2D eigenvalue weighted by atomic mass is 32.1. The molecule has 37 heavy (non-hydrogen) atoms. The smallest absolute Gasteiger partial charge is 0.229 e. The van der Waals surface area contributed by atoms with Crippen molar-refractivity contribution in [3.63, 3.8) is 0 Å². The van der Waals surface area contributed by atoms with Crippen molar-refractivity contribution in [3.8, 4) is 10.6 Å². The van der Waals surface area contributed by atoms with Gasteiger partial charge in [0.25, 0.3) is 0 Å². The Kier molecular flexibility index (Phi) is 6.57. The van der Waals surface area contributed by atoms with Gasteiger partial charge in [-0.3, -0.25) is 9.97 Å². The topological polar surface area (TPSA) is 149 Å². The summed E-state index contributed by atoms with van der Waals surface area (Å²) in [4.78, 5) is 22.8. The zero-order chi connectivity index (χ0) is 26.5. The van der Waals surface area contributed by atoms with E-state index in [9.17, 15) is 15.3 Å². The number of nitrogens with one attached hydrogen (secondary N) is 2. The highest BCUT2D eigenvalue weighted by molar-refractivity contribution is 7.21.